The van der Waals surface area contributed by atoms with Crippen molar-refractivity contribution in [1.29, 1.82) is 0 Å². The second-order valence-electron chi connectivity index (χ2n) is 6.10. The monoisotopic (exact) mass is 348 g/mol. The van der Waals surface area contributed by atoms with Gasteiger partial charge in [0.05, 0.1) is 17.1 Å². The Morgan fingerprint density at radius 2 is 2.12 bits per heavy atom. The van der Waals surface area contributed by atoms with Crippen LogP contribution in [0.3, 0.4) is 0 Å². The molecule has 128 valence electrons. The predicted molar refractivity (Wildman–Crippen MR) is 90.3 cm³/mol. The number of amides is 1. The molecule has 6 nitrogen and oxygen atoms in total. The van der Waals surface area contributed by atoms with Gasteiger partial charge in [-0.2, -0.15) is 0 Å². The second kappa shape index (κ2) is 6.41. The molecule has 0 aliphatic carbocycles. The summed E-state index contributed by atoms with van der Waals surface area (Å²) in [6.07, 6.45) is 2.90. The third-order valence-electron chi connectivity index (χ3n) is 4.21. The number of benzene rings is 1. The first-order valence-corrected chi connectivity index (χ1v) is 9.34. The first-order chi connectivity index (χ1) is 11.4. The highest BCUT2D eigenvalue weighted by Crippen LogP contribution is 2.33. The van der Waals surface area contributed by atoms with Crippen LogP contribution in [0.4, 0.5) is 5.69 Å². The highest BCUT2D eigenvalue weighted by Gasteiger charge is 2.28. The third kappa shape index (κ3) is 3.37. The maximum Gasteiger partial charge on any atom is 0.240 e. The van der Waals surface area contributed by atoms with E-state index in [2.05, 4.69) is 10.0 Å². The fourth-order valence-corrected chi connectivity index (χ4v) is 4.08. The number of carbonyl (C=O) groups excluding carboxylic acids is 1. The summed E-state index contributed by atoms with van der Waals surface area (Å²) in [6.45, 7) is 3.58. The standard InChI is InChI=1S/C17H20N2O4S/c1-11(5-6-13-4-3-9-23-13)19-24(21,22)14-7-8-16-15(10-14)12(2)17(20)18-16/h3-4,7-12,19H,5-6H2,1-2H3,(H,18,20)/t11-,12+/m0/s1. The lowest BCUT2D eigenvalue weighted by Gasteiger charge is -2.14. The summed E-state index contributed by atoms with van der Waals surface area (Å²) in [4.78, 5) is 11.9. The zero-order chi connectivity index (χ0) is 17.3. The van der Waals surface area contributed by atoms with Crippen LogP contribution in [0.15, 0.2) is 45.9 Å². The van der Waals surface area contributed by atoms with E-state index >= 15 is 0 Å². The largest absolute Gasteiger partial charge is 0.469 e. The van der Waals surface area contributed by atoms with Crippen LogP contribution in [0, 0.1) is 0 Å². The number of nitrogens with one attached hydrogen (secondary N) is 2. The maximum atomic E-state index is 12.6. The Balaban J connectivity index is 1.70. The van der Waals surface area contributed by atoms with Gasteiger partial charge in [-0.25, -0.2) is 13.1 Å². The molecule has 0 radical (unpaired) electrons. The summed E-state index contributed by atoms with van der Waals surface area (Å²) >= 11 is 0. The van der Waals surface area contributed by atoms with Crippen LogP contribution < -0.4 is 10.0 Å². The Morgan fingerprint density at radius 1 is 1.33 bits per heavy atom. The smallest absolute Gasteiger partial charge is 0.240 e. The lowest BCUT2D eigenvalue weighted by molar-refractivity contribution is -0.116. The zero-order valence-corrected chi connectivity index (χ0v) is 14.4. The van der Waals surface area contributed by atoms with Gasteiger partial charge in [0.25, 0.3) is 0 Å². The lowest BCUT2D eigenvalue weighted by atomic mass is 10.0. The summed E-state index contributed by atoms with van der Waals surface area (Å²) in [7, 11) is -3.63. The molecule has 1 aromatic carbocycles. The minimum Gasteiger partial charge on any atom is -0.469 e. The van der Waals surface area contributed by atoms with Gasteiger partial charge in [-0.1, -0.05) is 0 Å². The van der Waals surface area contributed by atoms with E-state index in [1.54, 1.807) is 25.3 Å². The summed E-state index contributed by atoms with van der Waals surface area (Å²) < 4.78 is 33.0. The van der Waals surface area contributed by atoms with Gasteiger partial charge >= 0.3 is 0 Å². The van der Waals surface area contributed by atoms with Gasteiger partial charge in [0, 0.05) is 18.2 Å². The fraction of sp³-hybridized carbons (Fsp3) is 0.353. The number of carbonyl (C=O) groups is 1. The van der Waals surface area contributed by atoms with E-state index in [9.17, 15) is 13.2 Å². The Labute approximate surface area is 141 Å². The Kier molecular flexibility index (Phi) is 4.47. The predicted octanol–water partition coefficient (Wildman–Crippen LogP) is 2.63. The molecule has 0 saturated carbocycles. The van der Waals surface area contributed by atoms with Gasteiger partial charge in [-0.05, 0) is 56.2 Å². The summed E-state index contributed by atoms with van der Waals surface area (Å²) in [5.41, 5.74) is 1.39. The molecular formula is C17H20N2O4S. The van der Waals surface area contributed by atoms with Crippen LogP contribution in [0.1, 0.15) is 37.5 Å². The molecule has 1 amide bonds. The molecule has 1 aliphatic rings. The number of rotatable bonds is 6. The zero-order valence-electron chi connectivity index (χ0n) is 13.6. The van der Waals surface area contributed by atoms with Crippen molar-refractivity contribution >= 4 is 21.6 Å². The first kappa shape index (κ1) is 16.7. The summed E-state index contributed by atoms with van der Waals surface area (Å²) in [6, 6.07) is 8.17. The van der Waals surface area contributed by atoms with Gasteiger partial charge in [0.1, 0.15) is 5.76 Å². The third-order valence-corrected chi connectivity index (χ3v) is 5.80. The van der Waals surface area contributed by atoms with Crippen LogP contribution >= 0.6 is 0 Å². The van der Waals surface area contributed by atoms with Crippen molar-refractivity contribution in [1.82, 2.24) is 4.72 Å². The number of aryl methyl sites for hydroxylation is 1. The average molecular weight is 348 g/mol. The minimum absolute atomic E-state index is 0.112. The molecule has 0 spiro atoms. The molecule has 0 unspecified atom stereocenters. The van der Waals surface area contributed by atoms with E-state index in [1.807, 2.05) is 19.1 Å². The number of anilines is 1. The van der Waals surface area contributed by atoms with E-state index in [-0.39, 0.29) is 22.8 Å². The highest BCUT2D eigenvalue weighted by molar-refractivity contribution is 7.89. The number of hydrogen-bond donors (Lipinski definition) is 2. The maximum absolute atomic E-state index is 12.6. The van der Waals surface area contributed by atoms with E-state index in [0.717, 1.165) is 5.76 Å². The van der Waals surface area contributed by atoms with Crippen molar-refractivity contribution in [2.75, 3.05) is 5.32 Å². The molecule has 2 N–H and O–H groups in total. The second-order valence-corrected chi connectivity index (χ2v) is 7.81. The molecular weight excluding hydrogens is 328 g/mol. The lowest BCUT2D eigenvalue weighted by Crippen LogP contribution is -2.33. The van der Waals surface area contributed by atoms with Crippen molar-refractivity contribution in [3.05, 3.63) is 47.9 Å². The average Bonchev–Trinajstić information content (AvgIpc) is 3.14. The Morgan fingerprint density at radius 3 is 2.83 bits per heavy atom. The van der Waals surface area contributed by atoms with E-state index in [1.165, 1.54) is 6.07 Å². The normalized spacial score (nSPS) is 18.2. The summed E-state index contributed by atoms with van der Waals surface area (Å²) in [5, 5.41) is 2.74. The minimum atomic E-state index is -3.63. The van der Waals surface area contributed by atoms with Crippen LogP contribution in [-0.4, -0.2) is 20.4 Å². The molecule has 0 bridgehead atoms. The van der Waals surface area contributed by atoms with Gasteiger partial charge in [-0.3, -0.25) is 4.79 Å². The van der Waals surface area contributed by atoms with Gasteiger partial charge in [0.2, 0.25) is 15.9 Å². The molecule has 2 atom stereocenters. The Hall–Kier alpha value is -2.12. The molecule has 2 aromatic rings. The number of fused-ring (bicyclic) bond motifs is 1. The van der Waals surface area contributed by atoms with E-state index in [4.69, 9.17) is 4.42 Å². The molecule has 3 rings (SSSR count). The van der Waals surface area contributed by atoms with Crippen molar-refractivity contribution in [2.24, 2.45) is 0 Å². The molecule has 1 aliphatic heterocycles. The Bertz CT molecular complexity index is 843. The topological polar surface area (TPSA) is 88.4 Å². The van der Waals surface area contributed by atoms with Crippen molar-refractivity contribution in [3.63, 3.8) is 0 Å². The molecule has 1 aromatic heterocycles. The van der Waals surface area contributed by atoms with Crippen molar-refractivity contribution < 1.29 is 17.6 Å². The molecule has 0 fully saturated rings. The molecule has 7 heteroatoms. The molecule has 0 saturated heterocycles. The van der Waals surface area contributed by atoms with Gasteiger partial charge < -0.3 is 9.73 Å². The van der Waals surface area contributed by atoms with Crippen molar-refractivity contribution in [2.45, 2.75) is 43.5 Å². The van der Waals surface area contributed by atoms with E-state index < -0.39 is 10.0 Å². The molecule has 24 heavy (non-hydrogen) atoms. The number of hydrogen-bond acceptors (Lipinski definition) is 4. The van der Waals surface area contributed by atoms with Crippen LogP contribution in [0.25, 0.3) is 0 Å². The van der Waals surface area contributed by atoms with Crippen LogP contribution in [-0.2, 0) is 21.2 Å². The number of sulfonamides is 1. The van der Waals surface area contributed by atoms with Gasteiger partial charge in [-0.15, -0.1) is 0 Å². The fourth-order valence-electron chi connectivity index (χ4n) is 2.77. The molecule has 2 heterocycles. The first-order valence-electron chi connectivity index (χ1n) is 7.86. The highest BCUT2D eigenvalue weighted by atomic mass is 32.2. The quantitative estimate of drug-likeness (QED) is 0.840. The van der Waals surface area contributed by atoms with Gasteiger partial charge in [0.15, 0.2) is 0 Å². The van der Waals surface area contributed by atoms with Crippen LogP contribution in [0.5, 0.6) is 0 Å². The summed E-state index contributed by atoms with van der Waals surface area (Å²) in [5.74, 6) is 0.378. The van der Waals surface area contributed by atoms with Crippen molar-refractivity contribution in [3.8, 4) is 0 Å². The van der Waals surface area contributed by atoms with E-state index in [0.29, 0.717) is 24.1 Å². The van der Waals surface area contributed by atoms with Crippen LogP contribution in [0.2, 0.25) is 0 Å². The number of furan rings is 1. The SMILES string of the molecule is C[C@@H](CCc1ccco1)NS(=O)(=O)c1ccc2c(c1)[C@@H](C)C(=O)N2.